The van der Waals surface area contributed by atoms with Gasteiger partial charge in [-0.2, -0.15) is 0 Å². The first-order valence-corrected chi connectivity index (χ1v) is 7.41. The molecule has 0 unspecified atom stereocenters. The first kappa shape index (κ1) is 14.0. The summed E-state index contributed by atoms with van der Waals surface area (Å²) in [5.41, 5.74) is 1.56. The minimum Gasteiger partial charge on any atom is -0.491 e. The third-order valence-corrected chi connectivity index (χ3v) is 4.49. The summed E-state index contributed by atoms with van der Waals surface area (Å²) in [6.45, 7) is 10.4. The summed E-state index contributed by atoms with van der Waals surface area (Å²) in [6, 6.07) is 6.22. The van der Waals surface area contributed by atoms with Gasteiger partial charge in [0, 0.05) is 5.46 Å². The third-order valence-electron chi connectivity index (χ3n) is 4.49. The van der Waals surface area contributed by atoms with E-state index in [1.807, 2.05) is 6.07 Å². The molecule has 0 aromatic heterocycles. The second-order valence-electron chi connectivity index (χ2n) is 6.95. The highest BCUT2D eigenvalue weighted by Gasteiger charge is 2.52. The molecule has 1 aromatic carbocycles. The van der Waals surface area contributed by atoms with Crippen LogP contribution in [0.1, 0.15) is 46.1 Å². The highest BCUT2D eigenvalue weighted by molar-refractivity contribution is 6.63. The molecule has 3 nitrogen and oxygen atoms in total. The molecule has 1 aliphatic heterocycles. The number of hydrogen-bond donors (Lipinski definition) is 0. The van der Waals surface area contributed by atoms with Crippen LogP contribution in [-0.4, -0.2) is 24.4 Å². The van der Waals surface area contributed by atoms with Crippen molar-refractivity contribution in [1.29, 1.82) is 0 Å². The molecule has 3 rings (SSSR count). The Morgan fingerprint density at radius 2 is 1.70 bits per heavy atom. The van der Waals surface area contributed by atoms with Crippen molar-refractivity contribution in [2.75, 3.05) is 0 Å². The number of ether oxygens (including phenoxy) is 1. The number of rotatable bonds is 3. The minimum absolute atomic E-state index is 0.321. The fourth-order valence-electron chi connectivity index (χ4n) is 2.29. The van der Waals surface area contributed by atoms with Crippen LogP contribution in [0, 0.1) is 6.92 Å². The zero-order valence-electron chi connectivity index (χ0n) is 13.0. The monoisotopic (exact) mass is 274 g/mol. The zero-order chi connectivity index (χ0) is 14.5. The van der Waals surface area contributed by atoms with E-state index in [4.69, 9.17) is 14.0 Å². The molecule has 1 saturated carbocycles. The van der Waals surface area contributed by atoms with Gasteiger partial charge in [-0.3, -0.25) is 0 Å². The fraction of sp³-hybridized carbons (Fsp3) is 0.625. The van der Waals surface area contributed by atoms with Crippen LogP contribution in [-0.2, 0) is 9.31 Å². The molecule has 2 aliphatic rings. The maximum absolute atomic E-state index is 6.15. The average Bonchev–Trinajstić information content (AvgIpc) is 3.10. The molecule has 0 N–H and O–H groups in total. The molecule has 0 spiro atoms. The van der Waals surface area contributed by atoms with E-state index in [1.165, 1.54) is 5.56 Å². The Labute approximate surface area is 121 Å². The quantitative estimate of drug-likeness (QED) is 0.793. The number of aryl methyl sites for hydroxylation is 1. The zero-order valence-corrected chi connectivity index (χ0v) is 13.0. The van der Waals surface area contributed by atoms with Gasteiger partial charge in [0.05, 0.1) is 17.3 Å². The predicted octanol–water partition coefficient (Wildman–Crippen LogP) is 2.84. The summed E-state index contributed by atoms with van der Waals surface area (Å²) in [4.78, 5) is 0. The Morgan fingerprint density at radius 3 is 2.25 bits per heavy atom. The van der Waals surface area contributed by atoms with E-state index in [0.29, 0.717) is 6.10 Å². The Bertz CT molecular complexity index is 504. The molecule has 1 saturated heterocycles. The minimum atomic E-state index is -0.353. The Balaban J connectivity index is 1.91. The van der Waals surface area contributed by atoms with Crippen LogP contribution in [0.5, 0.6) is 5.75 Å². The molecule has 0 radical (unpaired) electrons. The molecule has 1 aromatic rings. The van der Waals surface area contributed by atoms with Gasteiger partial charge >= 0.3 is 7.12 Å². The second-order valence-corrected chi connectivity index (χ2v) is 6.95. The molecule has 0 amide bonds. The molecule has 0 bridgehead atoms. The van der Waals surface area contributed by atoms with Crippen LogP contribution in [0.2, 0.25) is 0 Å². The van der Waals surface area contributed by atoms with E-state index >= 15 is 0 Å². The summed E-state index contributed by atoms with van der Waals surface area (Å²) < 4.78 is 18.3. The fourth-order valence-corrected chi connectivity index (χ4v) is 2.29. The first-order valence-electron chi connectivity index (χ1n) is 7.41. The molecule has 0 atom stereocenters. The molecular weight excluding hydrogens is 251 g/mol. The Hall–Kier alpha value is -0.995. The SMILES string of the molecule is Cc1ccc(OC2CC2)c(B2OC(C)(C)C(C)(C)O2)c1. The molecule has 2 fully saturated rings. The lowest BCUT2D eigenvalue weighted by molar-refractivity contribution is 0.00578. The first-order chi connectivity index (χ1) is 9.28. The summed E-state index contributed by atoms with van der Waals surface area (Å²) in [6.07, 6.45) is 2.67. The Kier molecular flexibility index (Phi) is 3.14. The largest absolute Gasteiger partial charge is 0.498 e. The van der Waals surface area contributed by atoms with Crippen LogP contribution < -0.4 is 10.2 Å². The van der Waals surface area contributed by atoms with Crippen molar-refractivity contribution in [3.05, 3.63) is 23.8 Å². The third kappa shape index (κ3) is 2.47. The van der Waals surface area contributed by atoms with Crippen LogP contribution >= 0.6 is 0 Å². The summed E-state index contributed by atoms with van der Waals surface area (Å²) in [7, 11) is -0.353. The highest BCUT2D eigenvalue weighted by atomic mass is 16.7. The molecular formula is C16H23BO3. The van der Waals surface area contributed by atoms with Crippen molar-refractivity contribution in [3.8, 4) is 5.75 Å². The highest BCUT2D eigenvalue weighted by Crippen LogP contribution is 2.37. The summed E-state index contributed by atoms with van der Waals surface area (Å²) >= 11 is 0. The maximum Gasteiger partial charge on any atom is 0.498 e. The van der Waals surface area contributed by atoms with Gasteiger partial charge in [-0.25, -0.2) is 0 Å². The van der Waals surface area contributed by atoms with E-state index < -0.39 is 0 Å². The van der Waals surface area contributed by atoms with Crippen molar-refractivity contribution < 1.29 is 14.0 Å². The number of hydrogen-bond acceptors (Lipinski definition) is 3. The van der Waals surface area contributed by atoms with E-state index in [1.54, 1.807) is 0 Å². The molecule has 108 valence electrons. The van der Waals surface area contributed by atoms with Crippen LogP contribution in [0.4, 0.5) is 0 Å². The number of benzene rings is 1. The average molecular weight is 274 g/mol. The lowest BCUT2D eigenvalue weighted by atomic mass is 9.77. The predicted molar refractivity (Wildman–Crippen MR) is 80.5 cm³/mol. The van der Waals surface area contributed by atoms with Gasteiger partial charge in [0.15, 0.2) is 0 Å². The van der Waals surface area contributed by atoms with Crippen LogP contribution in [0.3, 0.4) is 0 Å². The lowest BCUT2D eigenvalue weighted by Gasteiger charge is -2.32. The van der Waals surface area contributed by atoms with Crippen LogP contribution in [0.15, 0.2) is 18.2 Å². The van der Waals surface area contributed by atoms with E-state index in [0.717, 1.165) is 24.1 Å². The van der Waals surface area contributed by atoms with Crippen molar-refractivity contribution in [2.24, 2.45) is 0 Å². The van der Waals surface area contributed by atoms with Gasteiger partial charge in [-0.05, 0) is 53.5 Å². The van der Waals surface area contributed by atoms with Gasteiger partial charge in [0.25, 0.3) is 0 Å². The van der Waals surface area contributed by atoms with Gasteiger partial charge in [-0.1, -0.05) is 17.7 Å². The summed E-state index contributed by atoms with van der Waals surface area (Å²) in [5, 5.41) is 0. The molecule has 4 heteroatoms. The standard InChI is InChI=1S/C16H23BO3/c1-11-6-9-14(18-12-7-8-12)13(10-11)17-19-15(2,3)16(4,5)20-17/h6,9-10,12H,7-8H2,1-5H3. The van der Waals surface area contributed by atoms with Crippen molar-refractivity contribution in [2.45, 2.75) is 64.8 Å². The summed E-state index contributed by atoms with van der Waals surface area (Å²) in [5.74, 6) is 0.900. The molecule has 20 heavy (non-hydrogen) atoms. The van der Waals surface area contributed by atoms with E-state index in [2.05, 4.69) is 46.8 Å². The van der Waals surface area contributed by atoms with Crippen LogP contribution in [0.25, 0.3) is 0 Å². The van der Waals surface area contributed by atoms with Gasteiger partial charge in [0.1, 0.15) is 5.75 Å². The lowest BCUT2D eigenvalue weighted by Crippen LogP contribution is -2.41. The molecule has 1 heterocycles. The van der Waals surface area contributed by atoms with E-state index in [-0.39, 0.29) is 18.3 Å². The second kappa shape index (κ2) is 4.50. The van der Waals surface area contributed by atoms with Crippen molar-refractivity contribution in [3.63, 3.8) is 0 Å². The molecule has 1 aliphatic carbocycles. The van der Waals surface area contributed by atoms with Gasteiger partial charge in [-0.15, -0.1) is 0 Å². The Morgan fingerprint density at radius 1 is 1.10 bits per heavy atom. The smallest absolute Gasteiger partial charge is 0.491 e. The van der Waals surface area contributed by atoms with Crippen molar-refractivity contribution >= 4 is 12.6 Å². The van der Waals surface area contributed by atoms with E-state index in [9.17, 15) is 0 Å². The van der Waals surface area contributed by atoms with Crippen molar-refractivity contribution in [1.82, 2.24) is 0 Å². The maximum atomic E-state index is 6.15. The van der Waals surface area contributed by atoms with Gasteiger partial charge < -0.3 is 14.0 Å². The normalized spacial score (nSPS) is 23.9. The topological polar surface area (TPSA) is 27.7 Å². The van der Waals surface area contributed by atoms with Gasteiger partial charge in [0.2, 0.25) is 0 Å².